The second kappa shape index (κ2) is 6.26. The molecule has 0 aliphatic heterocycles. The van der Waals surface area contributed by atoms with Gasteiger partial charge in [-0.05, 0) is 42.2 Å². The van der Waals surface area contributed by atoms with Crippen molar-refractivity contribution in [2.75, 3.05) is 11.9 Å². The van der Waals surface area contributed by atoms with Crippen molar-refractivity contribution in [3.8, 4) is 0 Å². The summed E-state index contributed by atoms with van der Waals surface area (Å²) in [5, 5.41) is 3.68. The van der Waals surface area contributed by atoms with E-state index in [2.05, 4.69) is 50.4 Å². The van der Waals surface area contributed by atoms with Gasteiger partial charge < -0.3 is 5.32 Å². The molecule has 1 aliphatic rings. The first-order chi connectivity index (χ1) is 8.66. The van der Waals surface area contributed by atoms with Gasteiger partial charge in [0.05, 0.1) is 0 Å². The highest BCUT2D eigenvalue weighted by Crippen LogP contribution is 2.30. The first-order valence-corrected chi connectivity index (χ1v) is 7.49. The van der Waals surface area contributed by atoms with Crippen molar-refractivity contribution in [3.05, 3.63) is 29.8 Å². The highest BCUT2D eigenvalue weighted by molar-refractivity contribution is 5.52. The molecule has 0 spiro atoms. The van der Waals surface area contributed by atoms with E-state index in [1.165, 1.54) is 36.9 Å². The summed E-state index contributed by atoms with van der Waals surface area (Å²) < 4.78 is 0. The average Bonchev–Trinajstić information content (AvgIpc) is 2.37. The van der Waals surface area contributed by atoms with Crippen molar-refractivity contribution in [2.45, 2.75) is 52.4 Å². The van der Waals surface area contributed by atoms with Gasteiger partial charge in [-0.15, -0.1) is 0 Å². The molecule has 1 heteroatoms. The molecule has 0 amide bonds. The molecule has 2 unspecified atom stereocenters. The Kier molecular flexibility index (Phi) is 4.68. The standard InChI is InChI=1S/C17H27N/c1-13(2)16-9-4-5-10-17(16)18-12-15-8-6-7-14(3)11-15/h4-5,9-10,13-15,18H,6-8,11-12H2,1-3H3. The van der Waals surface area contributed by atoms with Crippen LogP contribution in [0.5, 0.6) is 0 Å². The topological polar surface area (TPSA) is 12.0 Å². The van der Waals surface area contributed by atoms with E-state index in [9.17, 15) is 0 Å². The van der Waals surface area contributed by atoms with Crippen LogP contribution < -0.4 is 5.32 Å². The smallest absolute Gasteiger partial charge is 0.0375 e. The first-order valence-electron chi connectivity index (χ1n) is 7.49. The lowest BCUT2D eigenvalue weighted by atomic mass is 9.82. The van der Waals surface area contributed by atoms with Gasteiger partial charge in [0.1, 0.15) is 0 Å². The van der Waals surface area contributed by atoms with Crippen LogP contribution in [0.3, 0.4) is 0 Å². The van der Waals surface area contributed by atoms with Crippen molar-refractivity contribution in [1.29, 1.82) is 0 Å². The Morgan fingerprint density at radius 1 is 1.22 bits per heavy atom. The van der Waals surface area contributed by atoms with Crippen LogP contribution >= 0.6 is 0 Å². The van der Waals surface area contributed by atoms with Crippen LogP contribution in [0.2, 0.25) is 0 Å². The summed E-state index contributed by atoms with van der Waals surface area (Å²) in [6.45, 7) is 8.08. The SMILES string of the molecule is CC1CCCC(CNc2ccccc2C(C)C)C1. The Morgan fingerprint density at radius 2 is 2.00 bits per heavy atom. The van der Waals surface area contributed by atoms with Gasteiger partial charge in [-0.25, -0.2) is 0 Å². The number of para-hydroxylation sites is 1. The van der Waals surface area contributed by atoms with Crippen LogP contribution in [0.4, 0.5) is 5.69 Å². The van der Waals surface area contributed by atoms with Crippen LogP contribution in [-0.4, -0.2) is 6.54 Å². The predicted octanol–water partition coefficient (Wildman–Crippen LogP) is 5.05. The number of hydrogen-bond donors (Lipinski definition) is 1. The number of nitrogens with one attached hydrogen (secondary N) is 1. The maximum absolute atomic E-state index is 3.68. The molecule has 1 aliphatic carbocycles. The van der Waals surface area contributed by atoms with Crippen molar-refractivity contribution < 1.29 is 0 Å². The number of rotatable bonds is 4. The van der Waals surface area contributed by atoms with Gasteiger partial charge in [0, 0.05) is 12.2 Å². The zero-order valence-electron chi connectivity index (χ0n) is 12.1. The van der Waals surface area contributed by atoms with Crippen molar-refractivity contribution in [2.24, 2.45) is 11.8 Å². The minimum absolute atomic E-state index is 0.596. The predicted molar refractivity (Wildman–Crippen MR) is 80.1 cm³/mol. The van der Waals surface area contributed by atoms with Crippen molar-refractivity contribution >= 4 is 5.69 Å². The van der Waals surface area contributed by atoms with Crippen molar-refractivity contribution in [1.82, 2.24) is 0 Å². The molecule has 1 saturated carbocycles. The zero-order chi connectivity index (χ0) is 13.0. The van der Waals surface area contributed by atoms with E-state index >= 15 is 0 Å². The normalized spacial score (nSPS) is 24.2. The van der Waals surface area contributed by atoms with Crippen LogP contribution in [0.15, 0.2) is 24.3 Å². The van der Waals surface area contributed by atoms with Gasteiger partial charge >= 0.3 is 0 Å². The molecule has 1 fully saturated rings. The summed E-state index contributed by atoms with van der Waals surface area (Å²) in [5.74, 6) is 2.39. The van der Waals surface area contributed by atoms with Crippen LogP contribution in [0.25, 0.3) is 0 Å². The second-order valence-corrected chi connectivity index (χ2v) is 6.26. The van der Waals surface area contributed by atoms with Gasteiger partial charge in [0.2, 0.25) is 0 Å². The molecule has 0 aromatic heterocycles. The number of hydrogen-bond acceptors (Lipinski definition) is 1. The summed E-state index contributed by atoms with van der Waals surface area (Å²) in [6, 6.07) is 8.75. The minimum atomic E-state index is 0.596. The first kappa shape index (κ1) is 13.5. The van der Waals surface area contributed by atoms with Crippen LogP contribution in [0.1, 0.15) is 57.9 Å². The minimum Gasteiger partial charge on any atom is -0.385 e. The van der Waals surface area contributed by atoms with E-state index in [1.54, 1.807) is 0 Å². The Labute approximate surface area is 112 Å². The van der Waals surface area contributed by atoms with Gasteiger partial charge in [0.25, 0.3) is 0 Å². The fourth-order valence-electron chi connectivity index (χ4n) is 3.16. The Balaban J connectivity index is 1.93. The molecule has 0 saturated heterocycles. The molecule has 1 nitrogen and oxygen atoms in total. The quantitative estimate of drug-likeness (QED) is 0.783. The van der Waals surface area contributed by atoms with Crippen LogP contribution in [-0.2, 0) is 0 Å². The number of anilines is 1. The molecule has 1 aromatic rings. The van der Waals surface area contributed by atoms with Gasteiger partial charge in [0.15, 0.2) is 0 Å². The van der Waals surface area contributed by atoms with E-state index in [0.29, 0.717) is 5.92 Å². The Bertz CT molecular complexity index is 370. The largest absolute Gasteiger partial charge is 0.385 e. The fraction of sp³-hybridized carbons (Fsp3) is 0.647. The molecule has 2 rings (SSSR count). The van der Waals surface area contributed by atoms with E-state index in [1.807, 2.05) is 0 Å². The van der Waals surface area contributed by atoms with Gasteiger partial charge in [-0.1, -0.05) is 51.8 Å². The lowest BCUT2D eigenvalue weighted by molar-refractivity contribution is 0.293. The Hall–Kier alpha value is -0.980. The summed E-state index contributed by atoms with van der Waals surface area (Å²) in [7, 11) is 0. The van der Waals surface area contributed by atoms with E-state index in [0.717, 1.165) is 18.4 Å². The van der Waals surface area contributed by atoms with Gasteiger partial charge in [-0.2, -0.15) is 0 Å². The van der Waals surface area contributed by atoms with E-state index < -0.39 is 0 Å². The third-order valence-electron chi connectivity index (χ3n) is 4.21. The molecule has 0 heterocycles. The van der Waals surface area contributed by atoms with Crippen LogP contribution in [0, 0.1) is 11.8 Å². The molecule has 0 radical (unpaired) electrons. The summed E-state index contributed by atoms with van der Waals surface area (Å²) in [6.07, 6.45) is 5.65. The summed E-state index contributed by atoms with van der Waals surface area (Å²) >= 11 is 0. The lowest BCUT2D eigenvalue weighted by Crippen LogP contribution is -2.21. The highest BCUT2D eigenvalue weighted by atomic mass is 14.9. The second-order valence-electron chi connectivity index (χ2n) is 6.26. The summed E-state index contributed by atoms with van der Waals surface area (Å²) in [4.78, 5) is 0. The molecule has 100 valence electrons. The molecule has 2 atom stereocenters. The van der Waals surface area contributed by atoms with Crippen molar-refractivity contribution in [3.63, 3.8) is 0 Å². The highest BCUT2D eigenvalue weighted by Gasteiger charge is 2.18. The molecular formula is C17H27N. The third-order valence-corrected chi connectivity index (χ3v) is 4.21. The lowest BCUT2D eigenvalue weighted by Gasteiger charge is -2.27. The average molecular weight is 245 g/mol. The fourth-order valence-corrected chi connectivity index (χ4v) is 3.16. The Morgan fingerprint density at radius 3 is 2.72 bits per heavy atom. The third kappa shape index (κ3) is 3.51. The maximum Gasteiger partial charge on any atom is 0.0375 e. The summed E-state index contributed by atoms with van der Waals surface area (Å²) in [5.41, 5.74) is 2.78. The monoisotopic (exact) mass is 245 g/mol. The number of benzene rings is 1. The van der Waals surface area contributed by atoms with E-state index in [-0.39, 0.29) is 0 Å². The molecule has 1 aromatic carbocycles. The van der Waals surface area contributed by atoms with Gasteiger partial charge in [-0.3, -0.25) is 0 Å². The molecular weight excluding hydrogens is 218 g/mol. The zero-order valence-corrected chi connectivity index (χ0v) is 12.1. The molecule has 0 bridgehead atoms. The molecule has 18 heavy (non-hydrogen) atoms. The molecule has 1 N–H and O–H groups in total. The maximum atomic E-state index is 3.68. The van der Waals surface area contributed by atoms with E-state index in [4.69, 9.17) is 0 Å².